The Bertz CT molecular complexity index is 996. The molecule has 1 aromatic heterocycles. The normalized spacial score (nSPS) is 20.3. The van der Waals surface area contributed by atoms with E-state index in [-0.39, 0.29) is 23.4 Å². The molecule has 154 valence electrons. The van der Waals surface area contributed by atoms with Crippen molar-refractivity contribution in [1.82, 2.24) is 14.9 Å². The number of carbonyl (C=O) groups is 1. The lowest BCUT2D eigenvalue weighted by molar-refractivity contribution is -0.138. The van der Waals surface area contributed by atoms with Crippen LogP contribution in [0.15, 0.2) is 29.1 Å². The number of hydrogen-bond donors (Lipinski definition) is 2. The molecule has 2 aliphatic heterocycles. The Kier molecular flexibility index (Phi) is 4.81. The number of rotatable bonds is 2. The summed E-state index contributed by atoms with van der Waals surface area (Å²) in [6.07, 6.45) is -4.84. The first kappa shape index (κ1) is 19.4. The van der Waals surface area contributed by atoms with E-state index in [1.54, 1.807) is 0 Å². The van der Waals surface area contributed by atoms with Crippen LogP contribution >= 0.6 is 0 Å². The van der Waals surface area contributed by atoms with Gasteiger partial charge in [-0.2, -0.15) is 18.2 Å². The third-order valence-corrected chi connectivity index (χ3v) is 5.38. The second-order valence-corrected chi connectivity index (χ2v) is 7.33. The summed E-state index contributed by atoms with van der Waals surface area (Å²) >= 11 is 0. The summed E-state index contributed by atoms with van der Waals surface area (Å²) in [5, 5.41) is 2.56. The molecule has 1 saturated heterocycles. The minimum Gasteiger partial charge on any atom is -0.340 e. The van der Waals surface area contributed by atoms with E-state index >= 15 is 0 Å². The number of nitrogens with zero attached hydrogens (tertiary/aromatic N) is 3. The Morgan fingerprint density at radius 2 is 1.79 bits per heavy atom. The smallest absolute Gasteiger partial charge is 0.340 e. The predicted molar refractivity (Wildman–Crippen MR) is 101 cm³/mol. The summed E-state index contributed by atoms with van der Waals surface area (Å²) < 4.78 is 40.5. The maximum atomic E-state index is 13.5. The summed E-state index contributed by atoms with van der Waals surface area (Å²) in [5.74, 6) is -1.15. The van der Waals surface area contributed by atoms with E-state index in [0.717, 1.165) is 19.2 Å². The van der Waals surface area contributed by atoms with Gasteiger partial charge in [0.15, 0.2) is 0 Å². The van der Waals surface area contributed by atoms with Gasteiger partial charge in [0.2, 0.25) is 11.9 Å². The average Bonchev–Trinajstić information content (AvgIpc) is 2.67. The third-order valence-electron chi connectivity index (χ3n) is 5.38. The highest BCUT2D eigenvalue weighted by molar-refractivity contribution is 5.94. The first-order valence-electron chi connectivity index (χ1n) is 9.27. The maximum Gasteiger partial charge on any atom is 0.416 e. The Morgan fingerprint density at radius 1 is 1.10 bits per heavy atom. The average molecular weight is 407 g/mol. The van der Waals surface area contributed by atoms with Crippen LogP contribution in [0.4, 0.5) is 24.9 Å². The van der Waals surface area contributed by atoms with Crippen LogP contribution in [-0.4, -0.2) is 54.0 Å². The van der Waals surface area contributed by atoms with Crippen LogP contribution in [0.3, 0.4) is 0 Å². The Labute approximate surface area is 164 Å². The number of alkyl halides is 3. The fourth-order valence-electron chi connectivity index (χ4n) is 3.85. The number of fused-ring (bicyclic) bond motifs is 1. The molecule has 1 amide bonds. The monoisotopic (exact) mass is 407 g/mol. The number of H-pyrrole nitrogens is 1. The number of hydrogen-bond acceptors (Lipinski definition) is 5. The number of anilines is 2. The number of benzene rings is 1. The number of nitrogens with one attached hydrogen (secondary N) is 2. The summed E-state index contributed by atoms with van der Waals surface area (Å²) in [6, 6.07) is 5.03. The largest absolute Gasteiger partial charge is 0.416 e. The van der Waals surface area contributed by atoms with Gasteiger partial charge < -0.3 is 15.1 Å². The van der Waals surface area contributed by atoms with E-state index in [1.165, 1.54) is 18.2 Å². The van der Waals surface area contributed by atoms with Crippen molar-refractivity contribution in [2.45, 2.75) is 18.5 Å². The van der Waals surface area contributed by atoms with Crippen molar-refractivity contribution in [2.75, 3.05) is 43.4 Å². The number of carbonyl (C=O) groups excluding carboxylic acids is 1. The summed E-state index contributed by atoms with van der Waals surface area (Å²) in [6.45, 7) is 2.86. The van der Waals surface area contributed by atoms with Crippen LogP contribution in [-0.2, 0) is 11.0 Å². The van der Waals surface area contributed by atoms with Gasteiger partial charge in [0.25, 0.3) is 5.56 Å². The lowest BCUT2D eigenvalue weighted by Crippen LogP contribution is -2.46. The van der Waals surface area contributed by atoms with Crippen LogP contribution in [0.1, 0.15) is 29.0 Å². The molecule has 2 aromatic rings. The number of likely N-dealkylation sites (N-methyl/N-ethyl adjacent to an activating group) is 1. The maximum absolute atomic E-state index is 13.5. The molecule has 0 aliphatic carbocycles. The Balaban J connectivity index is 1.79. The van der Waals surface area contributed by atoms with E-state index in [4.69, 9.17) is 0 Å². The van der Waals surface area contributed by atoms with Crippen molar-refractivity contribution in [2.24, 2.45) is 0 Å². The van der Waals surface area contributed by atoms with Gasteiger partial charge in [0, 0.05) is 38.5 Å². The molecule has 1 aromatic carbocycles. The van der Waals surface area contributed by atoms with Gasteiger partial charge in [-0.05, 0) is 18.7 Å². The number of piperazine rings is 1. The molecular weight excluding hydrogens is 387 g/mol. The van der Waals surface area contributed by atoms with Gasteiger partial charge in [-0.15, -0.1) is 0 Å². The molecule has 0 bridgehead atoms. The fourth-order valence-corrected chi connectivity index (χ4v) is 3.85. The lowest BCUT2D eigenvalue weighted by atomic mass is 9.84. The molecule has 3 heterocycles. The summed E-state index contributed by atoms with van der Waals surface area (Å²) in [4.78, 5) is 36.2. The zero-order valence-corrected chi connectivity index (χ0v) is 15.7. The number of aromatic nitrogens is 2. The standard InChI is InChI=1S/C19H20F3N5O2/c1-26-6-8-27(9-7-26)18-24-16-15(17(29)25-18)12(10-14(28)23-16)11-4-2-3-5-13(11)19(20,21)22/h2-5,12H,6-10H2,1H3,(H2,23,24,25,28,29)/t12-/m0/s1. The zero-order chi connectivity index (χ0) is 20.8. The molecule has 0 radical (unpaired) electrons. The molecule has 0 spiro atoms. The van der Waals surface area contributed by atoms with Crippen LogP contribution in [0, 0.1) is 0 Å². The first-order chi connectivity index (χ1) is 13.7. The van der Waals surface area contributed by atoms with Crippen molar-refractivity contribution in [3.05, 3.63) is 51.3 Å². The van der Waals surface area contributed by atoms with Crippen LogP contribution in [0.5, 0.6) is 0 Å². The molecule has 1 atom stereocenters. The molecule has 4 rings (SSSR count). The van der Waals surface area contributed by atoms with Crippen LogP contribution in [0.25, 0.3) is 0 Å². The van der Waals surface area contributed by atoms with Gasteiger partial charge in [-0.25, -0.2) is 0 Å². The van der Waals surface area contributed by atoms with Crippen LogP contribution < -0.4 is 15.8 Å². The highest BCUT2D eigenvalue weighted by Gasteiger charge is 2.39. The predicted octanol–water partition coefficient (Wildman–Crippen LogP) is 2.01. The Hall–Kier alpha value is -2.88. The third kappa shape index (κ3) is 3.71. The van der Waals surface area contributed by atoms with Crippen molar-refractivity contribution in [3.63, 3.8) is 0 Å². The lowest BCUT2D eigenvalue weighted by Gasteiger charge is -2.33. The van der Waals surface area contributed by atoms with Gasteiger partial charge in [-0.1, -0.05) is 18.2 Å². The molecule has 10 heteroatoms. The van der Waals surface area contributed by atoms with E-state index in [0.29, 0.717) is 19.0 Å². The van der Waals surface area contributed by atoms with Crippen molar-refractivity contribution in [3.8, 4) is 0 Å². The van der Waals surface area contributed by atoms with E-state index in [9.17, 15) is 22.8 Å². The van der Waals surface area contributed by atoms with Gasteiger partial charge in [0.05, 0.1) is 11.1 Å². The van der Waals surface area contributed by atoms with E-state index in [1.807, 2.05) is 11.9 Å². The highest BCUT2D eigenvalue weighted by atomic mass is 19.4. The SMILES string of the molecule is CN1CCN(c2nc3c(c(=O)[nH]2)[C@H](c2ccccc2C(F)(F)F)CC(=O)N3)CC1. The molecular formula is C19H20F3N5O2. The molecule has 2 N–H and O–H groups in total. The van der Waals surface area contributed by atoms with Gasteiger partial charge >= 0.3 is 6.18 Å². The highest BCUT2D eigenvalue weighted by Crippen LogP contribution is 2.41. The Morgan fingerprint density at radius 3 is 2.48 bits per heavy atom. The molecule has 0 saturated carbocycles. The van der Waals surface area contributed by atoms with Crippen molar-refractivity contribution >= 4 is 17.7 Å². The van der Waals surface area contributed by atoms with Gasteiger partial charge in [0.1, 0.15) is 5.82 Å². The minimum absolute atomic E-state index is 0.0286. The quantitative estimate of drug-likeness (QED) is 0.796. The van der Waals surface area contributed by atoms with Crippen molar-refractivity contribution < 1.29 is 18.0 Å². The number of amides is 1. The molecule has 1 fully saturated rings. The second-order valence-electron chi connectivity index (χ2n) is 7.33. The molecule has 2 aliphatic rings. The number of halogens is 3. The van der Waals surface area contributed by atoms with E-state index < -0.39 is 29.1 Å². The zero-order valence-electron chi connectivity index (χ0n) is 15.7. The molecule has 29 heavy (non-hydrogen) atoms. The van der Waals surface area contributed by atoms with E-state index in [2.05, 4.69) is 20.2 Å². The second kappa shape index (κ2) is 7.18. The fraction of sp³-hybridized carbons (Fsp3) is 0.421. The molecule has 0 unspecified atom stereocenters. The minimum atomic E-state index is -4.59. The topological polar surface area (TPSA) is 81.3 Å². The summed E-state index contributed by atoms with van der Waals surface area (Å²) in [7, 11) is 1.99. The van der Waals surface area contributed by atoms with Crippen LogP contribution in [0.2, 0.25) is 0 Å². The molecule has 7 nitrogen and oxygen atoms in total. The summed E-state index contributed by atoms with van der Waals surface area (Å²) in [5.41, 5.74) is -1.44. The van der Waals surface area contributed by atoms with Crippen molar-refractivity contribution in [1.29, 1.82) is 0 Å². The number of aromatic amines is 1. The first-order valence-corrected chi connectivity index (χ1v) is 9.27. The van der Waals surface area contributed by atoms with Gasteiger partial charge in [-0.3, -0.25) is 14.6 Å².